The zero-order chi connectivity index (χ0) is 36.2. The van der Waals surface area contributed by atoms with Crippen LogP contribution >= 0.6 is 15.9 Å². The van der Waals surface area contributed by atoms with Crippen LogP contribution in [0.5, 0.6) is 0 Å². The Morgan fingerprint density at radius 3 is 1.40 bits per heavy atom. The molecule has 0 saturated heterocycles. The SMILES string of the molecule is CN[C@H](C(=O)N[C@H](C(=O)N[C@H](C(=O)N[C@H](C(=O)N(C)[C@H](C(=O)NCCc1ccc(Br)cc1)C(C)C)C(C)C)C(C)C)C(C)C)C(C)C. The Balaban J connectivity index is 3.07. The fourth-order valence-corrected chi connectivity index (χ4v) is 5.71. The molecule has 0 saturated carbocycles. The molecule has 5 N–H and O–H groups in total. The van der Waals surface area contributed by atoms with Crippen molar-refractivity contribution >= 4 is 45.5 Å². The highest BCUT2D eigenvalue weighted by molar-refractivity contribution is 9.10. The van der Waals surface area contributed by atoms with E-state index in [1.165, 1.54) is 4.90 Å². The molecular weight excluding hydrogens is 664 g/mol. The molecule has 0 heterocycles. The van der Waals surface area contributed by atoms with Gasteiger partial charge in [-0.15, -0.1) is 0 Å². The maximum atomic E-state index is 13.9. The second kappa shape index (κ2) is 19.7. The van der Waals surface area contributed by atoms with E-state index < -0.39 is 47.9 Å². The summed E-state index contributed by atoms with van der Waals surface area (Å²) in [4.78, 5) is 68.7. The molecule has 266 valence electrons. The van der Waals surface area contributed by atoms with Crippen molar-refractivity contribution in [2.24, 2.45) is 29.6 Å². The highest BCUT2D eigenvalue weighted by Crippen LogP contribution is 2.16. The van der Waals surface area contributed by atoms with E-state index >= 15 is 0 Å². The van der Waals surface area contributed by atoms with Gasteiger partial charge in [-0.05, 0) is 60.8 Å². The number of amides is 5. The summed E-state index contributed by atoms with van der Waals surface area (Å²) in [7, 11) is 3.27. The van der Waals surface area contributed by atoms with Crippen LogP contribution in [-0.2, 0) is 30.4 Å². The molecule has 1 rings (SSSR count). The summed E-state index contributed by atoms with van der Waals surface area (Å²) in [6, 6.07) is 3.86. The van der Waals surface area contributed by atoms with Gasteiger partial charge in [0.2, 0.25) is 29.5 Å². The molecule has 5 atom stereocenters. The number of rotatable bonds is 18. The van der Waals surface area contributed by atoms with E-state index in [1.807, 2.05) is 79.7 Å². The molecule has 0 aliphatic heterocycles. The van der Waals surface area contributed by atoms with Crippen LogP contribution in [0.1, 0.15) is 74.8 Å². The molecule has 1 aromatic rings. The monoisotopic (exact) mass is 722 g/mol. The van der Waals surface area contributed by atoms with E-state index in [1.54, 1.807) is 27.9 Å². The molecule has 0 unspecified atom stereocenters. The predicted molar refractivity (Wildman–Crippen MR) is 190 cm³/mol. The van der Waals surface area contributed by atoms with Gasteiger partial charge >= 0.3 is 0 Å². The van der Waals surface area contributed by atoms with Gasteiger partial charge in [-0.1, -0.05) is 97.3 Å². The summed E-state index contributed by atoms with van der Waals surface area (Å²) < 4.78 is 0.979. The lowest BCUT2D eigenvalue weighted by atomic mass is 9.96. The second-order valence-corrected chi connectivity index (χ2v) is 14.9. The van der Waals surface area contributed by atoms with Crippen LogP contribution in [-0.4, -0.2) is 85.3 Å². The minimum atomic E-state index is -0.965. The number of hydrogen-bond acceptors (Lipinski definition) is 6. The van der Waals surface area contributed by atoms with Gasteiger partial charge in [0, 0.05) is 18.1 Å². The van der Waals surface area contributed by atoms with E-state index in [2.05, 4.69) is 42.5 Å². The molecule has 0 aliphatic carbocycles. The Kier molecular flexibility index (Phi) is 17.7. The summed E-state index contributed by atoms with van der Waals surface area (Å²) in [6.45, 7) is 18.9. The van der Waals surface area contributed by atoms with Gasteiger partial charge in [0.15, 0.2) is 0 Å². The molecule has 47 heavy (non-hydrogen) atoms. The second-order valence-electron chi connectivity index (χ2n) is 14.0. The third kappa shape index (κ3) is 12.9. The molecule has 12 heteroatoms. The van der Waals surface area contributed by atoms with Gasteiger partial charge in [0.05, 0.1) is 6.04 Å². The van der Waals surface area contributed by atoms with Crippen molar-refractivity contribution in [3.63, 3.8) is 0 Å². The first-order valence-corrected chi connectivity index (χ1v) is 17.5. The quantitative estimate of drug-likeness (QED) is 0.157. The summed E-state index contributed by atoms with van der Waals surface area (Å²) in [5.41, 5.74) is 1.08. The fraction of sp³-hybridized carbons (Fsp3) is 0.686. The van der Waals surface area contributed by atoms with Crippen LogP contribution in [0.2, 0.25) is 0 Å². The lowest BCUT2D eigenvalue weighted by molar-refractivity contribution is -0.144. The maximum Gasteiger partial charge on any atom is 0.245 e. The Bertz CT molecular complexity index is 1190. The first kappa shape index (κ1) is 42.0. The zero-order valence-corrected chi connectivity index (χ0v) is 31.9. The topological polar surface area (TPSA) is 149 Å². The Labute approximate surface area is 290 Å². The molecule has 0 spiro atoms. The summed E-state index contributed by atoms with van der Waals surface area (Å²) in [6.07, 6.45) is 0.642. The number of nitrogens with one attached hydrogen (secondary N) is 5. The molecule has 5 amide bonds. The van der Waals surface area contributed by atoms with Crippen molar-refractivity contribution in [1.29, 1.82) is 0 Å². The van der Waals surface area contributed by atoms with Crippen molar-refractivity contribution in [3.8, 4) is 0 Å². The number of halogens is 1. The van der Waals surface area contributed by atoms with E-state index in [9.17, 15) is 24.0 Å². The number of carbonyl (C=O) groups is 5. The highest BCUT2D eigenvalue weighted by atomic mass is 79.9. The van der Waals surface area contributed by atoms with Crippen molar-refractivity contribution in [1.82, 2.24) is 31.5 Å². The molecular formula is C35H59BrN6O5. The average molecular weight is 724 g/mol. The first-order chi connectivity index (χ1) is 21.8. The normalized spacial score (nSPS) is 14.9. The van der Waals surface area contributed by atoms with Crippen LogP contribution in [0.25, 0.3) is 0 Å². The summed E-state index contributed by atoms with van der Waals surface area (Å²) in [5, 5.41) is 14.5. The van der Waals surface area contributed by atoms with Crippen LogP contribution < -0.4 is 26.6 Å². The van der Waals surface area contributed by atoms with Crippen LogP contribution in [0.3, 0.4) is 0 Å². The van der Waals surface area contributed by atoms with Crippen molar-refractivity contribution < 1.29 is 24.0 Å². The number of hydrogen-bond donors (Lipinski definition) is 5. The van der Waals surface area contributed by atoms with Crippen molar-refractivity contribution in [3.05, 3.63) is 34.3 Å². The molecule has 11 nitrogen and oxygen atoms in total. The summed E-state index contributed by atoms with van der Waals surface area (Å²) in [5.74, 6) is -3.01. The zero-order valence-electron chi connectivity index (χ0n) is 30.4. The largest absolute Gasteiger partial charge is 0.354 e. The Hall–Kier alpha value is -2.99. The van der Waals surface area contributed by atoms with Gasteiger partial charge in [-0.3, -0.25) is 24.0 Å². The minimum Gasteiger partial charge on any atom is -0.354 e. The number of likely N-dealkylation sites (N-methyl/N-ethyl adjacent to an activating group) is 2. The Morgan fingerprint density at radius 1 is 0.617 bits per heavy atom. The molecule has 0 bridgehead atoms. The minimum absolute atomic E-state index is 0.00667. The number of nitrogens with zero attached hydrogens (tertiary/aromatic N) is 1. The average Bonchev–Trinajstić information content (AvgIpc) is 2.97. The molecule has 0 radical (unpaired) electrons. The highest BCUT2D eigenvalue weighted by Gasteiger charge is 2.38. The van der Waals surface area contributed by atoms with Gasteiger partial charge in [-0.2, -0.15) is 0 Å². The third-order valence-corrected chi connectivity index (χ3v) is 8.80. The van der Waals surface area contributed by atoms with Gasteiger partial charge in [0.1, 0.15) is 24.2 Å². The standard InChI is InChI=1S/C35H59BrN6O5/c1-19(2)26(37-11)31(43)39-27(20(3)4)32(44)40-28(21(5)6)33(45)41-29(22(7)8)35(47)42(12)30(23(9)10)34(46)38-18-17-24-13-15-25(36)16-14-24/h13-16,19-23,26-30,37H,17-18H2,1-12H3,(H,38,46)(H,39,43)(H,40,44)(H,41,45)/t26-,27-,28-,29-,30-/m0/s1. The lowest BCUT2D eigenvalue weighted by Crippen LogP contribution is -2.62. The van der Waals surface area contributed by atoms with Gasteiger partial charge in [-0.25, -0.2) is 0 Å². The smallest absolute Gasteiger partial charge is 0.245 e. The Morgan fingerprint density at radius 2 is 1.02 bits per heavy atom. The lowest BCUT2D eigenvalue weighted by Gasteiger charge is -2.35. The van der Waals surface area contributed by atoms with Crippen LogP contribution in [0, 0.1) is 29.6 Å². The molecule has 1 aromatic carbocycles. The van der Waals surface area contributed by atoms with Crippen molar-refractivity contribution in [2.75, 3.05) is 20.6 Å². The summed E-state index contributed by atoms with van der Waals surface area (Å²) >= 11 is 3.42. The van der Waals surface area contributed by atoms with E-state index in [0.29, 0.717) is 13.0 Å². The van der Waals surface area contributed by atoms with Gasteiger partial charge in [0.25, 0.3) is 0 Å². The van der Waals surface area contributed by atoms with Crippen LogP contribution in [0.15, 0.2) is 28.7 Å². The third-order valence-electron chi connectivity index (χ3n) is 8.28. The van der Waals surface area contributed by atoms with Crippen molar-refractivity contribution in [2.45, 2.75) is 106 Å². The fourth-order valence-electron chi connectivity index (χ4n) is 5.45. The maximum absolute atomic E-state index is 13.9. The number of carbonyl (C=O) groups excluding carboxylic acids is 5. The van der Waals surface area contributed by atoms with E-state index in [-0.39, 0.29) is 41.4 Å². The molecule has 0 aromatic heterocycles. The first-order valence-electron chi connectivity index (χ1n) is 16.7. The number of benzene rings is 1. The molecule has 0 fully saturated rings. The molecule has 0 aliphatic rings. The predicted octanol–water partition coefficient (Wildman–Crippen LogP) is 3.26. The van der Waals surface area contributed by atoms with Crippen LogP contribution in [0.4, 0.5) is 0 Å². The van der Waals surface area contributed by atoms with Gasteiger partial charge < -0.3 is 31.5 Å². The van der Waals surface area contributed by atoms with E-state index in [0.717, 1.165) is 10.0 Å². The van der Waals surface area contributed by atoms with E-state index in [4.69, 9.17) is 0 Å².